The summed E-state index contributed by atoms with van der Waals surface area (Å²) in [5.74, 6) is 1.29. The summed E-state index contributed by atoms with van der Waals surface area (Å²) >= 11 is 0. The number of nitrogens with two attached hydrogens (primary N) is 1. The molecule has 1 aliphatic rings. The van der Waals surface area contributed by atoms with Crippen LogP contribution in [0.15, 0.2) is 18.3 Å². The lowest BCUT2D eigenvalue weighted by Crippen LogP contribution is -2.30. The van der Waals surface area contributed by atoms with Crippen molar-refractivity contribution in [1.82, 2.24) is 4.98 Å². The van der Waals surface area contributed by atoms with Gasteiger partial charge in [0, 0.05) is 24.4 Å². The fourth-order valence-electron chi connectivity index (χ4n) is 2.46. The molecule has 1 unspecified atom stereocenters. The smallest absolute Gasteiger partial charge is 0.150 e. The van der Waals surface area contributed by atoms with E-state index in [0.29, 0.717) is 24.0 Å². The van der Waals surface area contributed by atoms with Gasteiger partial charge in [0.2, 0.25) is 0 Å². The third kappa shape index (κ3) is 2.47. The van der Waals surface area contributed by atoms with Crippen LogP contribution in [0.25, 0.3) is 0 Å². The number of sulfone groups is 1. The molecule has 1 saturated heterocycles. The number of hydrogen-bond acceptors (Lipinski definition) is 3. The van der Waals surface area contributed by atoms with Crippen molar-refractivity contribution in [3.63, 3.8) is 0 Å². The Morgan fingerprint density at radius 3 is 2.62 bits per heavy atom. The highest BCUT2D eigenvalue weighted by molar-refractivity contribution is 7.91. The van der Waals surface area contributed by atoms with Gasteiger partial charge in [0.1, 0.15) is 9.84 Å². The fraction of sp³-hybridized carbons (Fsp3) is 0.636. The zero-order valence-electron chi connectivity index (χ0n) is 9.22. The number of rotatable bonds is 3. The second kappa shape index (κ2) is 4.59. The summed E-state index contributed by atoms with van der Waals surface area (Å²) in [6, 6.07) is 3.98. The molecule has 2 heterocycles. The predicted molar refractivity (Wildman–Crippen MR) is 64.0 cm³/mol. The SMILES string of the molecule is NCC(c1ccc[nH]1)C1CCS(=O)(=O)CC1. The molecule has 90 valence electrons. The Labute approximate surface area is 96.2 Å². The minimum absolute atomic E-state index is 0.269. The molecule has 0 amide bonds. The van der Waals surface area contributed by atoms with Crippen LogP contribution in [-0.4, -0.2) is 31.5 Å². The van der Waals surface area contributed by atoms with Gasteiger partial charge in [-0.25, -0.2) is 8.42 Å². The molecule has 0 spiro atoms. The summed E-state index contributed by atoms with van der Waals surface area (Å²) in [4.78, 5) is 3.18. The van der Waals surface area contributed by atoms with E-state index in [-0.39, 0.29) is 5.92 Å². The third-order valence-electron chi connectivity index (χ3n) is 3.44. The van der Waals surface area contributed by atoms with Gasteiger partial charge in [-0.05, 0) is 30.9 Å². The monoisotopic (exact) mass is 242 g/mol. The van der Waals surface area contributed by atoms with Crippen molar-refractivity contribution in [2.24, 2.45) is 11.7 Å². The van der Waals surface area contributed by atoms with E-state index in [1.165, 1.54) is 0 Å². The minimum atomic E-state index is -2.78. The van der Waals surface area contributed by atoms with Crippen molar-refractivity contribution in [3.8, 4) is 0 Å². The minimum Gasteiger partial charge on any atom is -0.365 e. The Kier molecular flexibility index (Phi) is 3.35. The zero-order valence-corrected chi connectivity index (χ0v) is 10.0. The van der Waals surface area contributed by atoms with Crippen molar-refractivity contribution in [2.45, 2.75) is 18.8 Å². The number of aromatic amines is 1. The van der Waals surface area contributed by atoms with E-state index in [4.69, 9.17) is 5.73 Å². The molecular formula is C11H18N2O2S. The Morgan fingerprint density at radius 2 is 2.12 bits per heavy atom. The van der Waals surface area contributed by atoms with E-state index in [0.717, 1.165) is 18.5 Å². The van der Waals surface area contributed by atoms with Crippen LogP contribution in [0.2, 0.25) is 0 Å². The average Bonchev–Trinajstić information content (AvgIpc) is 2.75. The lowest BCUT2D eigenvalue weighted by molar-refractivity contribution is 0.384. The Balaban J connectivity index is 2.07. The van der Waals surface area contributed by atoms with E-state index in [9.17, 15) is 8.42 Å². The van der Waals surface area contributed by atoms with Gasteiger partial charge in [0.05, 0.1) is 11.5 Å². The maximum Gasteiger partial charge on any atom is 0.150 e. The molecule has 1 aromatic heterocycles. The Bertz CT molecular complexity index is 411. The Hall–Kier alpha value is -0.810. The maximum atomic E-state index is 11.4. The van der Waals surface area contributed by atoms with Crippen molar-refractivity contribution < 1.29 is 8.42 Å². The molecule has 0 radical (unpaired) electrons. The van der Waals surface area contributed by atoms with Gasteiger partial charge >= 0.3 is 0 Å². The first-order valence-electron chi connectivity index (χ1n) is 5.66. The van der Waals surface area contributed by atoms with Crippen molar-refractivity contribution >= 4 is 9.84 Å². The number of H-pyrrole nitrogens is 1. The third-order valence-corrected chi connectivity index (χ3v) is 5.16. The average molecular weight is 242 g/mol. The van der Waals surface area contributed by atoms with Gasteiger partial charge < -0.3 is 10.7 Å². The summed E-state index contributed by atoms with van der Waals surface area (Å²) in [6.07, 6.45) is 3.37. The standard InChI is InChI=1S/C11H18N2O2S/c12-8-10(11-2-1-5-13-11)9-3-6-16(14,15)7-4-9/h1-2,5,9-10,13H,3-4,6-8,12H2. The van der Waals surface area contributed by atoms with Crippen LogP contribution in [0.1, 0.15) is 24.5 Å². The molecule has 1 aliphatic heterocycles. The zero-order chi connectivity index (χ0) is 11.6. The normalized spacial score (nSPS) is 23.1. The number of hydrogen-bond donors (Lipinski definition) is 2. The maximum absolute atomic E-state index is 11.4. The summed E-state index contributed by atoms with van der Waals surface area (Å²) in [5, 5.41) is 0. The molecule has 0 bridgehead atoms. The van der Waals surface area contributed by atoms with E-state index in [1.54, 1.807) is 0 Å². The first-order valence-corrected chi connectivity index (χ1v) is 7.48. The number of aromatic nitrogens is 1. The van der Waals surface area contributed by atoms with Crippen LogP contribution in [0.4, 0.5) is 0 Å². The fourth-order valence-corrected chi connectivity index (χ4v) is 3.99. The van der Waals surface area contributed by atoms with Crippen molar-refractivity contribution in [1.29, 1.82) is 0 Å². The molecule has 1 atom stereocenters. The molecule has 16 heavy (non-hydrogen) atoms. The summed E-state index contributed by atoms with van der Waals surface area (Å²) < 4.78 is 22.7. The van der Waals surface area contributed by atoms with E-state index < -0.39 is 9.84 Å². The van der Waals surface area contributed by atoms with E-state index >= 15 is 0 Å². The number of nitrogens with one attached hydrogen (secondary N) is 1. The molecular weight excluding hydrogens is 224 g/mol. The largest absolute Gasteiger partial charge is 0.365 e. The molecule has 0 aliphatic carbocycles. The molecule has 1 fully saturated rings. The molecule has 0 aromatic carbocycles. The first kappa shape index (κ1) is 11.7. The Morgan fingerprint density at radius 1 is 1.44 bits per heavy atom. The van der Waals surface area contributed by atoms with Gasteiger partial charge in [-0.15, -0.1) is 0 Å². The topological polar surface area (TPSA) is 76.0 Å². The highest BCUT2D eigenvalue weighted by Crippen LogP contribution is 2.31. The molecule has 3 N–H and O–H groups in total. The van der Waals surface area contributed by atoms with Crippen LogP contribution >= 0.6 is 0 Å². The van der Waals surface area contributed by atoms with Crippen molar-refractivity contribution in [3.05, 3.63) is 24.0 Å². The summed E-state index contributed by atoms with van der Waals surface area (Å²) in [5.41, 5.74) is 6.92. The van der Waals surface area contributed by atoms with Crippen LogP contribution in [0.5, 0.6) is 0 Å². The molecule has 5 heteroatoms. The summed E-state index contributed by atoms with van der Waals surface area (Å²) in [7, 11) is -2.78. The predicted octanol–water partition coefficient (Wildman–Crippen LogP) is 0.882. The van der Waals surface area contributed by atoms with Crippen LogP contribution < -0.4 is 5.73 Å². The first-order chi connectivity index (χ1) is 7.62. The molecule has 2 rings (SSSR count). The summed E-state index contributed by atoms with van der Waals surface area (Å²) in [6.45, 7) is 0.575. The second-order valence-corrected chi connectivity index (χ2v) is 6.76. The van der Waals surface area contributed by atoms with Crippen LogP contribution in [0.3, 0.4) is 0 Å². The van der Waals surface area contributed by atoms with Crippen LogP contribution in [0, 0.1) is 5.92 Å². The van der Waals surface area contributed by atoms with Gasteiger partial charge in [-0.1, -0.05) is 0 Å². The van der Waals surface area contributed by atoms with Crippen LogP contribution in [-0.2, 0) is 9.84 Å². The van der Waals surface area contributed by atoms with Gasteiger partial charge in [-0.2, -0.15) is 0 Å². The molecule has 0 saturated carbocycles. The quantitative estimate of drug-likeness (QED) is 0.826. The molecule has 4 nitrogen and oxygen atoms in total. The van der Waals surface area contributed by atoms with E-state index in [1.807, 2.05) is 18.3 Å². The van der Waals surface area contributed by atoms with Crippen molar-refractivity contribution in [2.75, 3.05) is 18.1 Å². The second-order valence-electron chi connectivity index (χ2n) is 4.46. The highest BCUT2D eigenvalue weighted by atomic mass is 32.2. The molecule has 1 aromatic rings. The lowest BCUT2D eigenvalue weighted by atomic mass is 9.85. The van der Waals surface area contributed by atoms with Gasteiger partial charge in [-0.3, -0.25) is 0 Å². The van der Waals surface area contributed by atoms with E-state index in [2.05, 4.69) is 4.98 Å². The lowest BCUT2D eigenvalue weighted by Gasteiger charge is -2.28. The highest BCUT2D eigenvalue weighted by Gasteiger charge is 2.29. The van der Waals surface area contributed by atoms with Gasteiger partial charge in [0.15, 0.2) is 0 Å². The van der Waals surface area contributed by atoms with Gasteiger partial charge in [0.25, 0.3) is 0 Å².